The minimum Gasteiger partial charge on any atom is -0.449 e. The molecule has 0 unspecified atom stereocenters. The third kappa shape index (κ3) is 5.43. The van der Waals surface area contributed by atoms with Crippen molar-refractivity contribution in [1.29, 1.82) is 0 Å². The number of aliphatic hydroxyl groups is 1. The van der Waals surface area contributed by atoms with Gasteiger partial charge in [-0.05, 0) is 50.4 Å². The maximum Gasteiger partial charge on any atom is 0.409 e. The Morgan fingerprint density at radius 3 is 2.27 bits per heavy atom. The molecule has 0 aromatic rings. The van der Waals surface area contributed by atoms with Gasteiger partial charge in [-0.25, -0.2) is 4.79 Å². The second kappa shape index (κ2) is 8.73. The normalized spacial score (nSPS) is 27.2. The van der Waals surface area contributed by atoms with Gasteiger partial charge in [0.2, 0.25) is 0 Å². The van der Waals surface area contributed by atoms with E-state index in [9.17, 15) is 9.90 Å². The highest BCUT2D eigenvalue weighted by atomic mass is 16.6. The molecule has 5 nitrogen and oxygen atoms in total. The summed E-state index contributed by atoms with van der Waals surface area (Å²) in [7, 11) is 0. The summed E-state index contributed by atoms with van der Waals surface area (Å²) in [5.74, 6) is 0.896. The average Bonchev–Trinajstić information content (AvgIpc) is 2.54. The highest BCUT2D eigenvalue weighted by Crippen LogP contribution is 2.25. The van der Waals surface area contributed by atoms with E-state index in [1.807, 2.05) is 4.90 Å². The molecule has 2 fully saturated rings. The Morgan fingerprint density at radius 2 is 1.73 bits per heavy atom. The quantitative estimate of drug-likeness (QED) is 0.818. The van der Waals surface area contributed by atoms with Gasteiger partial charge in [-0.15, -0.1) is 0 Å². The number of nitrogens with zero attached hydrogens (tertiary/aromatic N) is 1. The summed E-state index contributed by atoms with van der Waals surface area (Å²) in [5.41, 5.74) is 0. The number of ether oxygens (including phenoxy) is 1. The molecule has 2 N–H and O–H groups in total. The smallest absolute Gasteiger partial charge is 0.409 e. The molecule has 0 radical (unpaired) electrons. The second-order valence-corrected chi connectivity index (χ2v) is 7.30. The molecule has 1 heterocycles. The molecule has 0 aromatic heterocycles. The Bertz CT molecular complexity index is 333. The van der Waals surface area contributed by atoms with Crippen LogP contribution in [0, 0.1) is 11.8 Å². The number of nitrogens with one attached hydrogen (secondary N) is 1. The lowest BCUT2D eigenvalue weighted by Crippen LogP contribution is -2.48. The van der Waals surface area contributed by atoms with Crippen LogP contribution in [-0.2, 0) is 4.74 Å². The Balaban J connectivity index is 1.64. The summed E-state index contributed by atoms with van der Waals surface area (Å²) in [4.78, 5) is 13.8. The predicted octanol–water partition coefficient (Wildman–Crippen LogP) is 2.38. The number of hydrogen-bond acceptors (Lipinski definition) is 4. The highest BCUT2D eigenvalue weighted by Gasteiger charge is 2.27. The monoisotopic (exact) mass is 312 g/mol. The number of carbonyl (C=O) groups is 1. The summed E-state index contributed by atoms with van der Waals surface area (Å²) in [6.07, 6.45) is 6.47. The van der Waals surface area contributed by atoms with Crippen molar-refractivity contribution < 1.29 is 14.6 Å². The van der Waals surface area contributed by atoms with E-state index < -0.39 is 0 Å². The maximum atomic E-state index is 11.9. The number of carbonyl (C=O) groups excluding carboxylic acids is 1. The van der Waals surface area contributed by atoms with Gasteiger partial charge in [0.1, 0.15) is 0 Å². The molecule has 1 aliphatic heterocycles. The Morgan fingerprint density at radius 1 is 1.14 bits per heavy atom. The van der Waals surface area contributed by atoms with Crippen LogP contribution >= 0.6 is 0 Å². The van der Waals surface area contributed by atoms with Gasteiger partial charge in [0.15, 0.2) is 0 Å². The van der Waals surface area contributed by atoms with Gasteiger partial charge in [-0.2, -0.15) is 0 Å². The Kier molecular flexibility index (Phi) is 6.96. The van der Waals surface area contributed by atoms with E-state index in [2.05, 4.69) is 19.2 Å². The van der Waals surface area contributed by atoms with E-state index in [1.165, 1.54) is 12.8 Å². The highest BCUT2D eigenvalue weighted by molar-refractivity contribution is 5.67. The van der Waals surface area contributed by atoms with E-state index in [4.69, 9.17) is 4.74 Å². The molecular formula is C17H32N2O3. The zero-order valence-electron chi connectivity index (χ0n) is 14.1. The van der Waals surface area contributed by atoms with Gasteiger partial charge in [-0.3, -0.25) is 0 Å². The Hall–Kier alpha value is -0.810. The molecule has 0 aromatic carbocycles. The number of aliphatic hydroxyl groups excluding tert-OH is 1. The van der Waals surface area contributed by atoms with E-state index in [0.717, 1.165) is 38.8 Å². The van der Waals surface area contributed by atoms with E-state index >= 15 is 0 Å². The van der Waals surface area contributed by atoms with Crippen molar-refractivity contribution in [3.05, 3.63) is 0 Å². The van der Waals surface area contributed by atoms with Gasteiger partial charge >= 0.3 is 6.09 Å². The molecule has 5 heteroatoms. The minimum absolute atomic E-state index is 0.157. The van der Waals surface area contributed by atoms with Gasteiger partial charge in [0.05, 0.1) is 6.61 Å². The summed E-state index contributed by atoms with van der Waals surface area (Å²) < 4.78 is 5.30. The van der Waals surface area contributed by atoms with Crippen molar-refractivity contribution >= 4 is 6.09 Å². The number of likely N-dealkylation sites (tertiary alicyclic amines) is 1. The molecule has 0 atom stereocenters. The van der Waals surface area contributed by atoms with Crippen LogP contribution in [0.3, 0.4) is 0 Å². The molecule has 0 bridgehead atoms. The van der Waals surface area contributed by atoms with Crippen molar-refractivity contribution in [2.75, 3.05) is 26.3 Å². The molecule has 0 spiro atoms. The van der Waals surface area contributed by atoms with Crippen molar-refractivity contribution in [3.63, 3.8) is 0 Å². The zero-order valence-corrected chi connectivity index (χ0v) is 14.1. The standard InChI is InChI=1S/C17H32N2O3/c1-13(2)12-22-17(21)19-9-7-16(8-10-19)18-15-5-3-14(11-20)4-6-15/h13-16,18,20H,3-12H2,1-2H3. The second-order valence-electron chi connectivity index (χ2n) is 7.30. The predicted molar refractivity (Wildman–Crippen MR) is 86.7 cm³/mol. The molecule has 1 amide bonds. The number of piperidine rings is 1. The number of hydrogen-bond donors (Lipinski definition) is 2. The van der Waals surface area contributed by atoms with Gasteiger partial charge in [-0.1, -0.05) is 13.8 Å². The van der Waals surface area contributed by atoms with Crippen molar-refractivity contribution in [3.8, 4) is 0 Å². The van der Waals surface area contributed by atoms with E-state index in [0.29, 0.717) is 37.1 Å². The fourth-order valence-electron chi connectivity index (χ4n) is 3.40. The molecule has 2 aliphatic rings. The van der Waals surface area contributed by atoms with Crippen LogP contribution in [0.2, 0.25) is 0 Å². The topological polar surface area (TPSA) is 61.8 Å². The fraction of sp³-hybridized carbons (Fsp3) is 0.941. The largest absolute Gasteiger partial charge is 0.449 e. The maximum absolute atomic E-state index is 11.9. The first-order valence-corrected chi connectivity index (χ1v) is 8.87. The van der Waals surface area contributed by atoms with E-state index in [-0.39, 0.29) is 6.09 Å². The van der Waals surface area contributed by atoms with Gasteiger partial charge < -0.3 is 20.1 Å². The average molecular weight is 312 g/mol. The minimum atomic E-state index is -0.157. The number of rotatable bonds is 5. The van der Waals surface area contributed by atoms with Crippen molar-refractivity contribution in [2.24, 2.45) is 11.8 Å². The molecule has 2 rings (SSSR count). The lowest BCUT2D eigenvalue weighted by atomic mass is 9.86. The zero-order chi connectivity index (χ0) is 15.9. The van der Waals surface area contributed by atoms with Crippen LogP contribution in [0.25, 0.3) is 0 Å². The summed E-state index contributed by atoms with van der Waals surface area (Å²) in [6, 6.07) is 1.11. The molecular weight excluding hydrogens is 280 g/mol. The first kappa shape index (κ1) is 17.5. The molecule has 22 heavy (non-hydrogen) atoms. The SMILES string of the molecule is CC(C)COC(=O)N1CCC(NC2CCC(CO)CC2)CC1. The Labute approximate surface area is 134 Å². The molecule has 128 valence electrons. The molecule has 1 saturated heterocycles. The lowest BCUT2D eigenvalue weighted by molar-refractivity contribution is 0.0801. The van der Waals surface area contributed by atoms with Crippen molar-refractivity contribution in [2.45, 2.75) is 64.5 Å². The third-order valence-corrected chi connectivity index (χ3v) is 4.87. The van der Waals surface area contributed by atoms with Gasteiger partial charge in [0, 0.05) is 31.8 Å². The lowest BCUT2D eigenvalue weighted by Gasteiger charge is -2.36. The van der Waals surface area contributed by atoms with Crippen LogP contribution in [0.15, 0.2) is 0 Å². The number of amides is 1. The first-order chi connectivity index (χ1) is 10.6. The molecule has 1 saturated carbocycles. The van der Waals surface area contributed by atoms with Crippen molar-refractivity contribution in [1.82, 2.24) is 10.2 Å². The summed E-state index contributed by atoms with van der Waals surface area (Å²) >= 11 is 0. The summed E-state index contributed by atoms with van der Waals surface area (Å²) in [5, 5.41) is 12.9. The van der Waals surface area contributed by atoms with E-state index in [1.54, 1.807) is 0 Å². The van der Waals surface area contributed by atoms with Crippen LogP contribution in [-0.4, -0.2) is 54.5 Å². The fourth-order valence-corrected chi connectivity index (χ4v) is 3.40. The third-order valence-electron chi connectivity index (χ3n) is 4.87. The van der Waals surface area contributed by atoms with Crippen LogP contribution in [0.5, 0.6) is 0 Å². The van der Waals surface area contributed by atoms with Crippen LogP contribution in [0.1, 0.15) is 52.4 Å². The first-order valence-electron chi connectivity index (χ1n) is 8.87. The van der Waals surface area contributed by atoms with Crippen LogP contribution in [0.4, 0.5) is 4.79 Å². The summed E-state index contributed by atoms with van der Waals surface area (Å²) in [6.45, 7) is 6.53. The molecule has 1 aliphatic carbocycles. The van der Waals surface area contributed by atoms with Gasteiger partial charge in [0.25, 0.3) is 0 Å². The van der Waals surface area contributed by atoms with Crippen LogP contribution < -0.4 is 5.32 Å².